The quantitative estimate of drug-likeness (QED) is 0.845. The van der Waals surface area contributed by atoms with Crippen molar-refractivity contribution in [3.05, 3.63) is 30.1 Å². The van der Waals surface area contributed by atoms with Gasteiger partial charge in [-0.3, -0.25) is 0 Å². The Bertz CT molecular complexity index is 524. The molecule has 1 aromatic carbocycles. The van der Waals surface area contributed by atoms with Crippen molar-refractivity contribution in [2.24, 2.45) is 0 Å². The fourth-order valence-corrected chi connectivity index (χ4v) is 1.94. The second kappa shape index (κ2) is 5.37. The minimum absolute atomic E-state index is 0. The third-order valence-electron chi connectivity index (χ3n) is 2.93. The van der Waals surface area contributed by atoms with E-state index in [-0.39, 0.29) is 18.3 Å². The van der Waals surface area contributed by atoms with Gasteiger partial charge in [0.1, 0.15) is 0 Å². The summed E-state index contributed by atoms with van der Waals surface area (Å²) in [5.41, 5.74) is 7.29. The number of hydrogen-bond donors (Lipinski definition) is 1. The second-order valence-electron chi connectivity index (χ2n) is 4.11. The molecule has 0 saturated carbocycles. The summed E-state index contributed by atoms with van der Waals surface area (Å²) in [5.74, 6) is 1.43. The van der Waals surface area contributed by atoms with Crippen LogP contribution in [0.5, 0.6) is 0 Å². The van der Waals surface area contributed by atoms with Gasteiger partial charge in [0.2, 0.25) is 0 Å². The smallest absolute Gasteiger partial charge is 0.260 e. The standard InChI is InChI=1S/C12H13N3O2.ClH/c13-10-4-2-1-3-9(10)12-14-11(15-17-12)8-5-6-16-7-8;/h1-4,8H,5-7,13H2;1H. The first-order chi connectivity index (χ1) is 8.34. The van der Waals surface area contributed by atoms with E-state index in [4.69, 9.17) is 15.0 Å². The van der Waals surface area contributed by atoms with Gasteiger partial charge in [-0.25, -0.2) is 0 Å². The molecule has 0 radical (unpaired) electrons. The normalized spacial score (nSPS) is 18.6. The van der Waals surface area contributed by atoms with E-state index in [0.29, 0.717) is 24.0 Å². The molecule has 1 saturated heterocycles. The minimum Gasteiger partial charge on any atom is -0.398 e. The number of benzene rings is 1. The molecule has 1 fully saturated rings. The summed E-state index contributed by atoms with van der Waals surface area (Å²) in [7, 11) is 0. The van der Waals surface area contributed by atoms with Crippen molar-refractivity contribution in [2.45, 2.75) is 12.3 Å². The zero-order chi connectivity index (χ0) is 11.7. The van der Waals surface area contributed by atoms with Crippen molar-refractivity contribution in [1.29, 1.82) is 0 Å². The van der Waals surface area contributed by atoms with Gasteiger partial charge in [0.15, 0.2) is 5.82 Å². The van der Waals surface area contributed by atoms with Crippen LogP contribution in [0.2, 0.25) is 0 Å². The Hall–Kier alpha value is -1.59. The first-order valence-corrected chi connectivity index (χ1v) is 5.61. The van der Waals surface area contributed by atoms with Gasteiger partial charge in [-0.2, -0.15) is 4.98 Å². The molecule has 1 unspecified atom stereocenters. The molecule has 0 spiro atoms. The van der Waals surface area contributed by atoms with E-state index >= 15 is 0 Å². The topological polar surface area (TPSA) is 74.2 Å². The Labute approximate surface area is 111 Å². The van der Waals surface area contributed by atoms with Gasteiger partial charge in [0.25, 0.3) is 5.89 Å². The van der Waals surface area contributed by atoms with E-state index in [1.165, 1.54) is 0 Å². The van der Waals surface area contributed by atoms with Gasteiger partial charge in [-0.1, -0.05) is 17.3 Å². The van der Waals surface area contributed by atoms with Crippen molar-refractivity contribution in [2.75, 3.05) is 18.9 Å². The predicted octanol–water partition coefficient (Wildman–Crippen LogP) is 2.24. The lowest BCUT2D eigenvalue weighted by Gasteiger charge is -1.99. The molecule has 2 aromatic rings. The maximum absolute atomic E-state index is 5.86. The number of nitrogens with two attached hydrogens (primary N) is 1. The molecule has 1 atom stereocenters. The first-order valence-electron chi connectivity index (χ1n) is 5.61. The molecular weight excluding hydrogens is 254 g/mol. The van der Waals surface area contributed by atoms with Gasteiger partial charge in [-0.15, -0.1) is 12.4 Å². The number of ether oxygens (including phenoxy) is 1. The molecule has 0 bridgehead atoms. The van der Waals surface area contributed by atoms with Crippen LogP contribution in [0, 0.1) is 0 Å². The van der Waals surface area contributed by atoms with Crippen LogP contribution in [0.1, 0.15) is 18.2 Å². The maximum atomic E-state index is 5.86. The summed E-state index contributed by atoms with van der Waals surface area (Å²) < 4.78 is 10.6. The van der Waals surface area contributed by atoms with Crippen LogP contribution < -0.4 is 5.73 Å². The molecule has 2 N–H and O–H groups in total. The number of aromatic nitrogens is 2. The Morgan fingerprint density at radius 1 is 1.28 bits per heavy atom. The molecule has 5 nitrogen and oxygen atoms in total. The largest absolute Gasteiger partial charge is 0.398 e. The van der Waals surface area contributed by atoms with E-state index < -0.39 is 0 Å². The Morgan fingerprint density at radius 2 is 2.11 bits per heavy atom. The van der Waals surface area contributed by atoms with Crippen LogP contribution in [0.15, 0.2) is 28.8 Å². The number of anilines is 1. The van der Waals surface area contributed by atoms with Crippen LogP contribution in [0.25, 0.3) is 11.5 Å². The molecule has 6 heteroatoms. The molecule has 1 aromatic heterocycles. The van der Waals surface area contributed by atoms with E-state index in [0.717, 1.165) is 18.6 Å². The zero-order valence-electron chi connectivity index (χ0n) is 9.70. The van der Waals surface area contributed by atoms with Crippen molar-refractivity contribution in [1.82, 2.24) is 10.1 Å². The Kier molecular flexibility index (Phi) is 3.84. The molecule has 1 aliphatic heterocycles. The lowest BCUT2D eigenvalue weighted by Crippen LogP contribution is -1.99. The molecular formula is C12H14ClN3O2. The molecule has 3 rings (SSSR count). The lowest BCUT2D eigenvalue weighted by atomic mass is 10.1. The van der Waals surface area contributed by atoms with E-state index in [9.17, 15) is 0 Å². The third-order valence-corrected chi connectivity index (χ3v) is 2.93. The average molecular weight is 268 g/mol. The van der Waals surface area contributed by atoms with Crippen LogP contribution >= 0.6 is 12.4 Å². The molecule has 96 valence electrons. The fraction of sp³-hybridized carbons (Fsp3) is 0.333. The molecule has 1 aliphatic rings. The van der Waals surface area contributed by atoms with Crippen LogP contribution in [-0.4, -0.2) is 23.4 Å². The predicted molar refractivity (Wildman–Crippen MR) is 69.6 cm³/mol. The summed E-state index contributed by atoms with van der Waals surface area (Å²) in [6.45, 7) is 1.44. The second-order valence-corrected chi connectivity index (χ2v) is 4.11. The van der Waals surface area contributed by atoms with Crippen LogP contribution in [-0.2, 0) is 4.74 Å². The number of nitrogen functional groups attached to an aromatic ring is 1. The average Bonchev–Trinajstić information content (AvgIpc) is 3.00. The Morgan fingerprint density at radius 3 is 2.83 bits per heavy atom. The Balaban J connectivity index is 0.00000120. The zero-order valence-corrected chi connectivity index (χ0v) is 10.5. The van der Waals surface area contributed by atoms with Gasteiger partial charge < -0.3 is 15.0 Å². The molecule has 0 amide bonds. The summed E-state index contributed by atoms with van der Waals surface area (Å²) in [6, 6.07) is 7.46. The van der Waals surface area contributed by atoms with E-state index in [1.807, 2.05) is 24.3 Å². The third kappa shape index (κ3) is 2.32. The minimum atomic E-state index is 0. The number of nitrogens with zero attached hydrogens (tertiary/aromatic N) is 2. The highest BCUT2D eigenvalue weighted by molar-refractivity contribution is 5.85. The molecule has 0 aliphatic carbocycles. The molecule has 18 heavy (non-hydrogen) atoms. The van der Waals surface area contributed by atoms with Crippen molar-refractivity contribution in [3.63, 3.8) is 0 Å². The summed E-state index contributed by atoms with van der Waals surface area (Å²) >= 11 is 0. The number of hydrogen-bond acceptors (Lipinski definition) is 5. The van der Waals surface area contributed by atoms with Crippen molar-refractivity contribution >= 4 is 18.1 Å². The summed E-state index contributed by atoms with van der Waals surface area (Å²) in [4.78, 5) is 4.39. The lowest BCUT2D eigenvalue weighted by molar-refractivity contribution is 0.192. The van der Waals surface area contributed by atoms with Gasteiger partial charge >= 0.3 is 0 Å². The number of para-hydroxylation sites is 1. The van der Waals surface area contributed by atoms with Crippen LogP contribution in [0.3, 0.4) is 0 Å². The van der Waals surface area contributed by atoms with Gasteiger partial charge in [0, 0.05) is 18.2 Å². The van der Waals surface area contributed by atoms with Gasteiger partial charge in [0.05, 0.1) is 12.2 Å². The highest BCUT2D eigenvalue weighted by Gasteiger charge is 2.23. The SMILES string of the molecule is Cl.Nc1ccccc1-c1nc(C2CCOC2)no1. The first kappa shape index (κ1) is 12.9. The summed E-state index contributed by atoms with van der Waals surface area (Å²) in [5, 5.41) is 3.99. The number of halogens is 1. The highest BCUT2D eigenvalue weighted by Crippen LogP contribution is 2.27. The monoisotopic (exact) mass is 267 g/mol. The number of rotatable bonds is 2. The van der Waals surface area contributed by atoms with E-state index in [1.54, 1.807) is 0 Å². The maximum Gasteiger partial charge on any atom is 0.260 e. The fourth-order valence-electron chi connectivity index (χ4n) is 1.94. The van der Waals surface area contributed by atoms with E-state index in [2.05, 4.69) is 10.1 Å². The van der Waals surface area contributed by atoms with Crippen molar-refractivity contribution < 1.29 is 9.26 Å². The summed E-state index contributed by atoms with van der Waals surface area (Å²) in [6.07, 6.45) is 0.948. The van der Waals surface area contributed by atoms with Crippen molar-refractivity contribution in [3.8, 4) is 11.5 Å². The van der Waals surface area contributed by atoms with Crippen LogP contribution in [0.4, 0.5) is 5.69 Å². The highest BCUT2D eigenvalue weighted by atomic mass is 35.5. The van der Waals surface area contributed by atoms with Gasteiger partial charge in [-0.05, 0) is 18.6 Å². The molecule has 2 heterocycles.